The van der Waals surface area contributed by atoms with Crippen molar-refractivity contribution in [1.29, 1.82) is 0 Å². The lowest BCUT2D eigenvalue weighted by Gasteiger charge is -2.33. The average Bonchev–Trinajstić information content (AvgIpc) is 3.01. The molecule has 1 aliphatic rings. The molecule has 0 radical (unpaired) electrons. The van der Waals surface area contributed by atoms with Gasteiger partial charge in [0.1, 0.15) is 23.5 Å². The molecule has 1 atom stereocenters. The Kier molecular flexibility index (Phi) is 6.88. The predicted octanol–water partition coefficient (Wildman–Crippen LogP) is 3.30. The van der Waals surface area contributed by atoms with Crippen LogP contribution in [0.2, 0.25) is 0 Å². The summed E-state index contributed by atoms with van der Waals surface area (Å²) < 4.78 is 113. The van der Waals surface area contributed by atoms with Gasteiger partial charge in [0.25, 0.3) is 0 Å². The highest BCUT2D eigenvalue weighted by Crippen LogP contribution is 2.40. The molecule has 15 heteroatoms. The van der Waals surface area contributed by atoms with Crippen LogP contribution in [0.4, 0.5) is 26.3 Å². The van der Waals surface area contributed by atoms with Gasteiger partial charge in [0, 0.05) is 19.5 Å². The fraction of sp³-hybridized carbons (Fsp3) is 0.625. The van der Waals surface area contributed by atoms with Gasteiger partial charge in [-0.3, -0.25) is 9.48 Å². The van der Waals surface area contributed by atoms with E-state index >= 15 is 0 Å². The van der Waals surface area contributed by atoms with Gasteiger partial charge in [-0.25, -0.2) is 0 Å². The molecule has 0 saturated heterocycles. The quantitative estimate of drug-likeness (QED) is 0.256. The second-order valence-corrected chi connectivity index (χ2v) is 8.17. The largest absolute Gasteiger partial charge is 0.534 e. The SMILES string of the molecule is CCOC(=O)[C@]1(COc2cc(C(F)(F)F)n(C)n2)CC=C(OS(=O)(=O)C(F)(F)F)CC1. The Morgan fingerprint density at radius 3 is 2.35 bits per heavy atom. The number of rotatable bonds is 7. The molecule has 0 spiro atoms. The molecule has 1 heterocycles. The molecule has 8 nitrogen and oxygen atoms in total. The van der Waals surface area contributed by atoms with E-state index in [-0.39, 0.29) is 25.9 Å². The van der Waals surface area contributed by atoms with E-state index < -0.39 is 57.1 Å². The third kappa shape index (κ3) is 5.62. The fourth-order valence-electron chi connectivity index (χ4n) is 2.79. The molecule has 0 bridgehead atoms. The summed E-state index contributed by atoms with van der Waals surface area (Å²) in [5.74, 6) is -1.76. The van der Waals surface area contributed by atoms with Gasteiger partial charge >= 0.3 is 27.8 Å². The summed E-state index contributed by atoms with van der Waals surface area (Å²) in [5, 5.41) is 3.57. The first-order valence-electron chi connectivity index (χ1n) is 8.72. The van der Waals surface area contributed by atoms with E-state index in [2.05, 4.69) is 9.28 Å². The second kappa shape index (κ2) is 8.59. The Bertz CT molecular complexity index is 953. The molecule has 31 heavy (non-hydrogen) atoms. The monoisotopic (exact) mass is 480 g/mol. The molecular weight excluding hydrogens is 462 g/mol. The number of allylic oxidation sites excluding steroid dienone is 2. The minimum absolute atomic E-state index is 0.0437. The van der Waals surface area contributed by atoms with Gasteiger partial charge in [0.2, 0.25) is 5.88 Å². The third-order valence-electron chi connectivity index (χ3n) is 4.42. The highest BCUT2D eigenvalue weighted by atomic mass is 32.2. The van der Waals surface area contributed by atoms with Crippen LogP contribution in [-0.2, 0) is 37.1 Å². The normalized spacial score (nSPS) is 20.2. The number of aryl methyl sites for hydroxylation is 1. The fourth-order valence-corrected chi connectivity index (χ4v) is 3.32. The minimum atomic E-state index is -5.87. The number of aromatic nitrogens is 2. The number of alkyl halides is 6. The van der Waals surface area contributed by atoms with Crippen molar-refractivity contribution in [2.75, 3.05) is 13.2 Å². The summed E-state index contributed by atoms with van der Waals surface area (Å²) >= 11 is 0. The Morgan fingerprint density at radius 1 is 1.26 bits per heavy atom. The lowest BCUT2D eigenvalue weighted by Crippen LogP contribution is -2.40. The van der Waals surface area contributed by atoms with Crippen LogP contribution < -0.4 is 4.74 Å². The molecule has 0 fully saturated rings. The summed E-state index contributed by atoms with van der Waals surface area (Å²) in [4.78, 5) is 12.4. The zero-order valence-electron chi connectivity index (χ0n) is 16.2. The molecule has 0 amide bonds. The molecule has 0 aromatic carbocycles. The summed E-state index contributed by atoms with van der Waals surface area (Å²) in [5.41, 5.74) is -8.20. The van der Waals surface area contributed by atoms with Crippen LogP contribution in [0.25, 0.3) is 0 Å². The first kappa shape index (κ1) is 24.8. The number of nitrogens with zero attached hydrogens (tertiary/aromatic N) is 2. The maximum Gasteiger partial charge on any atom is 0.534 e. The van der Waals surface area contributed by atoms with Crippen molar-refractivity contribution in [2.24, 2.45) is 12.5 Å². The highest BCUT2D eigenvalue weighted by molar-refractivity contribution is 7.87. The van der Waals surface area contributed by atoms with Crippen LogP contribution in [0.1, 0.15) is 31.9 Å². The summed E-state index contributed by atoms with van der Waals surface area (Å²) in [6.45, 7) is 0.956. The van der Waals surface area contributed by atoms with Crippen molar-refractivity contribution < 1.29 is 53.2 Å². The van der Waals surface area contributed by atoms with E-state index in [0.29, 0.717) is 10.7 Å². The first-order chi connectivity index (χ1) is 14.1. The zero-order valence-corrected chi connectivity index (χ0v) is 17.0. The molecule has 1 aliphatic carbocycles. The van der Waals surface area contributed by atoms with Gasteiger partial charge < -0.3 is 13.7 Å². The van der Waals surface area contributed by atoms with Crippen LogP contribution in [0.15, 0.2) is 17.9 Å². The molecule has 1 aromatic rings. The molecule has 176 valence electrons. The Morgan fingerprint density at radius 2 is 1.90 bits per heavy atom. The minimum Gasteiger partial charge on any atom is -0.475 e. The Hall–Kier alpha value is -2.45. The van der Waals surface area contributed by atoms with Gasteiger partial charge in [0.15, 0.2) is 0 Å². The molecular formula is C16H18F6N2O6S. The van der Waals surface area contributed by atoms with E-state index in [9.17, 15) is 39.6 Å². The lowest BCUT2D eigenvalue weighted by atomic mass is 9.77. The van der Waals surface area contributed by atoms with Crippen molar-refractivity contribution in [1.82, 2.24) is 9.78 Å². The summed E-state index contributed by atoms with van der Waals surface area (Å²) in [6, 6.07) is 0.627. The number of ether oxygens (including phenoxy) is 2. The van der Waals surface area contributed by atoms with E-state index in [4.69, 9.17) is 9.47 Å². The zero-order chi connectivity index (χ0) is 23.7. The second-order valence-electron chi connectivity index (χ2n) is 6.64. The van der Waals surface area contributed by atoms with Crippen molar-refractivity contribution in [3.63, 3.8) is 0 Å². The molecule has 1 aromatic heterocycles. The van der Waals surface area contributed by atoms with Crippen molar-refractivity contribution in [3.05, 3.63) is 23.6 Å². The van der Waals surface area contributed by atoms with Crippen molar-refractivity contribution in [2.45, 2.75) is 37.9 Å². The lowest BCUT2D eigenvalue weighted by molar-refractivity contribution is -0.158. The number of hydrogen-bond donors (Lipinski definition) is 0. The Balaban J connectivity index is 2.20. The molecule has 0 aliphatic heterocycles. The van der Waals surface area contributed by atoms with Crippen LogP contribution in [-0.4, -0.2) is 42.9 Å². The maximum atomic E-state index is 12.9. The van der Waals surface area contributed by atoms with Gasteiger partial charge in [-0.1, -0.05) is 0 Å². The third-order valence-corrected chi connectivity index (χ3v) is 5.42. The van der Waals surface area contributed by atoms with Gasteiger partial charge in [-0.05, 0) is 25.8 Å². The smallest absolute Gasteiger partial charge is 0.475 e. The molecule has 0 N–H and O–H groups in total. The first-order valence-corrected chi connectivity index (χ1v) is 10.1. The van der Waals surface area contributed by atoms with Crippen molar-refractivity contribution >= 4 is 16.1 Å². The van der Waals surface area contributed by atoms with E-state index in [1.165, 1.54) is 6.92 Å². The van der Waals surface area contributed by atoms with Gasteiger partial charge in [0.05, 0.1) is 6.61 Å². The van der Waals surface area contributed by atoms with Gasteiger partial charge in [-0.15, -0.1) is 5.10 Å². The van der Waals surface area contributed by atoms with Crippen LogP contribution in [0.3, 0.4) is 0 Å². The van der Waals surface area contributed by atoms with Crippen LogP contribution in [0, 0.1) is 5.41 Å². The predicted molar refractivity (Wildman–Crippen MR) is 90.8 cm³/mol. The standard InChI is InChI=1S/C16H18F6N2O6S/c1-3-28-13(25)14(9-29-12-8-11(15(17,18)19)24(2)23-12)6-4-10(5-7-14)30-31(26,27)16(20,21)22/h4,8H,3,5-7,9H2,1-2H3/t14-/m1/s1. The Labute approximate surface area is 172 Å². The number of esters is 1. The van der Waals surface area contributed by atoms with E-state index in [0.717, 1.165) is 13.1 Å². The van der Waals surface area contributed by atoms with Crippen LogP contribution in [0.5, 0.6) is 5.88 Å². The topological polar surface area (TPSA) is 96.7 Å². The highest BCUT2D eigenvalue weighted by Gasteiger charge is 2.50. The van der Waals surface area contributed by atoms with Crippen LogP contribution >= 0.6 is 0 Å². The summed E-state index contributed by atoms with van der Waals surface area (Å²) in [7, 11) is -4.82. The number of hydrogen-bond acceptors (Lipinski definition) is 7. The number of halogens is 6. The van der Waals surface area contributed by atoms with Gasteiger partial charge in [-0.2, -0.15) is 34.8 Å². The van der Waals surface area contributed by atoms with E-state index in [1.54, 1.807) is 0 Å². The average molecular weight is 480 g/mol. The maximum absolute atomic E-state index is 12.9. The number of carbonyl (C=O) groups is 1. The molecule has 0 saturated carbocycles. The number of carbonyl (C=O) groups excluding carboxylic acids is 1. The summed E-state index contributed by atoms with van der Waals surface area (Å²) in [6.07, 6.45) is -4.65. The van der Waals surface area contributed by atoms with Crippen molar-refractivity contribution in [3.8, 4) is 5.88 Å². The molecule has 2 rings (SSSR count). The molecule has 0 unspecified atom stereocenters. The van der Waals surface area contributed by atoms with E-state index in [1.807, 2.05) is 0 Å².